The average Bonchev–Trinajstić information content (AvgIpc) is 2.46. The van der Waals surface area contributed by atoms with Crippen LogP contribution in [0.4, 0.5) is 0 Å². The molecule has 0 fully saturated rings. The van der Waals surface area contributed by atoms with Crippen molar-refractivity contribution in [3.05, 3.63) is 27.9 Å². The molecular formula is C9H7BrN2O. The predicted octanol–water partition coefficient (Wildman–Crippen LogP) is 2.45. The van der Waals surface area contributed by atoms with Crippen LogP contribution in [0.3, 0.4) is 0 Å². The second-order valence-corrected chi connectivity index (χ2v) is 3.71. The first-order valence-electron chi connectivity index (χ1n) is 3.82. The maximum absolute atomic E-state index is 10.6. The molecule has 13 heavy (non-hydrogen) atoms. The Balaban J connectivity index is 2.84. The molecule has 0 amide bonds. The average molecular weight is 239 g/mol. The predicted molar refractivity (Wildman–Crippen MR) is 53.9 cm³/mol. The molecule has 1 aromatic heterocycles. The van der Waals surface area contributed by atoms with E-state index in [-0.39, 0.29) is 0 Å². The minimum atomic E-state index is 0.650. The molecule has 0 unspecified atom stereocenters. The number of carbonyl (C=O) groups excluding carboxylic acids is 1. The van der Waals surface area contributed by atoms with Crippen LogP contribution in [-0.2, 0) is 0 Å². The van der Waals surface area contributed by atoms with Gasteiger partial charge in [0.15, 0.2) is 6.29 Å². The molecule has 0 aliphatic rings. The van der Waals surface area contributed by atoms with E-state index in [4.69, 9.17) is 0 Å². The Labute approximate surface area is 83.3 Å². The number of aldehydes is 1. The number of hydrogen-bond acceptors (Lipinski definition) is 2. The summed E-state index contributed by atoms with van der Waals surface area (Å²) >= 11 is 3.30. The number of benzene rings is 1. The maximum Gasteiger partial charge on any atom is 0.151 e. The topological polar surface area (TPSA) is 45.8 Å². The quantitative estimate of drug-likeness (QED) is 0.777. The van der Waals surface area contributed by atoms with E-state index in [1.54, 1.807) is 0 Å². The van der Waals surface area contributed by atoms with Gasteiger partial charge in [-0.3, -0.25) is 9.89 Å². The van der Waals surface area contributed by atoms with Gasteiger partial charge in [0.2, 0.25) is 0 Å². The van der Waals surface area contributed by atoms with Crippen molar-refractivity contribution in [3.63, 3.8) is 0 Å². The number of aromatic nitrogens is 2. The van der Waals surface area contributed by atoms with Crippen LogP contribution in [0.5, 0.6) is 0 Å². The first kappa shape index (κ1) is 8.44. The van der Waals surface area contributed by atoms with Gasteiger partial charge in [-0.1, -0.05) is 0 Å². The van der Waals surface area contributed by atoms with E-state index in [1.807, 2.05) is 19.1 Å². The van der Waals surface area contributed by atoms with Crippen molar-refractivity contribution < 1.29 is 4.79 Å². The van der Waals surface area contributed by atoms with Gasteiger partial charge in [-0.25, -0.2) is 0 Å². The first-order valence-corrected chi connectivity index (χ1v) is 4.61. The molecular weight excluding hydrogens is 232 g/mol. The number of aromatic amines is 1. The fourth-order valence-corrected chi connectivity index (χ4v) is 1.69. The largest absolute Gasteiger partial charge is 0.298 e. The van der Waals surface area contributed by atoms with Crippen molar-refractivity contribution in [2.75, 3.05) is 0 Å². The van der Waals surface area contributed by atoms with E-state index in [0.29, 0.717) is 5.56 Å². The van der Waals surface area contributed by atoms with Crippen LogP contribution in [0.15, 0.2) is 16.6 Å². The highest BCUT2D eigenvalue weighted by Crippen LogP contribution is 2.23. The molecule has 1 aromatic carbocycles. The Morgan fingerprint density at radius 1 is 1.54 bits per heavy atom. The summed E-state index contributed by atoms with van der Waals surface area (Å²) in [5, 5.41) is 7.94. The minimum Gasteiger partial charge on any atom is -0.298 e. The molecule has 2 rings (SSSR count). The van der Waals surface area contributed by atoms with Gasteiger partial charge in [0.1, 0.15) is 0 Å². The molecule has 2 aromatic rings. The van der Waals surface area contributed by atoms with Crippen LogP contribution in [0.2, 0.25) is 0 Å². The van der Waals surface area contributed by atoms with E-state index in [9.17, 15) is 4.79 Å². The van der Waals surface area contributed by atoms with Crippen molar-refractivity contribution in [1.29, 1.82) is 0 Å². The second-order valence-electron chi connectivity index (χ2n) is 2.86. The molecule has 66 valence electrons. The third-order valence-electron chi connectivity index (χ3n) is 1.99. The smallest absolute Gasteiger partial charge is 0.151 e. The van der Waals surface area contributed by atoms with E-state index >= 15 is 0 Å². The fraction of sp³-hybridized carbons (Fsp3) is 0.111. The van der Waals surface area contributed by atoms with Crippen LogP contribution >= 0.6 is 15.9 Å². The first-order chi connectivity index (χ1) is 6.22. The van der Waals surface area contributed by atoms with Gasteiger partial charge in [-0.2, -0.15) is 5.10 Å². The summed E-state index contributed by atoms with van der Waals surface area (Å²) in [6, 6.07) is 3.66. The Hall–Kier alpha value is -1.16. The number of hydrogen-bond donors (Lipinski definition) is 1. The molecule has 1 N–H and O–H groups in total. The lowest BCUT2D eigenvalue weighted by Gasteiger charge is -1.95. The number of rotatable bonds is 1. The summed E-state index contributed by atoms with van der Waals surface area (Å²) < 4.78 is 0.779. The van der Waals surface area contributed by atoms with Crippen molar-refractivity contribution in [2.24, 2.45) is 0 Å². The molecule has 4 heteroatoms. The van der Waals surface area contributed by atoms with Crippen LogP contribution in [-0.4, -0.2) is 16.5 Å². The van der Waals surface area contributed by atoms with Crippen LogP contribution in [0, 0.1) is 6.92 Å². The van der Waals surface area contributed by atoms with Crippen LogP contribution in [0.25, 0.3) is 10.9 Å². The number of H-pyrrole nitrogens is 1. The fourth-order valence-electron chi connectivity index (χ4n) is 1.27. The molecule has 0 aliphatic heterocycles. The van der Waals surface area contributed by atoms with Crippen molar-refractivity contribution in [2.45, 2.75) is 6.92 Å². The Kier molecular flexibility index (Phi) is 1.92. The normalized spacial score (nSPS) is 10.6. The van der Waals surface area contributed by atoms with Crippen molar-refractivity contribution in [3.8, 4) is 0 Å². The van der Waals surface area contributed by atoms with E-state index < -0.39 is 0 Å². The Bertz CT molecular complexity index is 476. The number of nitrogens with zero attached hydrogens (tertiary/aromatic N) is 1. The Morgan fingerprint density at radius 2 is 2.31 bits per heavy atom. The summed E-state index contributed by atoms with van der Waals surface area (Å²) in [7, 11) is 0. The van der Waals surface area contributed by atoms with Crippen LogP contribution in [0.1, 0.15) is 16.1 Å². The lowest BCUT2D eigenvalue weighted by Crippen LogP contribution is -1.82. The van der Waals surface area contributed by atoms with E-state index in [1.165, 1.54) is 0 Å². The molecule has 1 heterocycles. The molecule has 3 nitrogen and oxygen atoms in total. The summed E-state index contributed by atoms with van der Waals surface area (Å²) in [6.07, 6.45) is 0.829. The number of halogens is 1. The molecule has 0 aliphatic carbocycles. The van der Waals surface area contributed by atoms with Gasteiger partial charge < -0.3 is 0 Å². The highest BCUT2D eigenvalue weighted by molar-refractivity contribution is 9.10. The van der Waals surface area contributed by atoms with Gasteiger partial charge in [0, 0.05) is 21.1 Å². The highest BCUT2D eigenvalue weighted by Gasteiger charge is 2.05. The lowest BCUT2D eigenvalue weighted by atomic mass is 10.1. The third kappa shape index (κ3) is 1.27. The molecule has 0 atom stereocenters. The minimum absolute atomic E-state index is 0.650. The van der Waals surface area contributed by atoms with Crippen LogP contribution < -0.4 is 0 Å². The zero-order valence-corrected chi connectivity index (χ0v) is 8.55. The summed E-state index contributed by atoms with van der Waals surface area (Å²) in [5.74, 6) is 0. The van der Waals surface area contributed by atoms with E-state index in [2.05, 4.69) is 26.1 Å². The lowest BCUT2D eigenvalue weighted by molar-refractivity contribution is 0.112. The molecule has 0 bridgehead atoms. The molecule has 0 saturated carbocycles. The van der Waals surface area contributed by atoms with E-state index in [0.717, 1.165) is 27.4 Å². The van der Waals surface area contributed by atoms with Gasteiger partial charge in [0.25, 0.3) is 0 Å². The van der Waals surface area contributed by atoms with Gasteiger partial charge in [-0.05, 0) is 35.0 Å². The van der Waals surface area contributed by atoms with Gasteiger partial charge >= 0.3 is 0 Å². The maximum atomic E-state index is 10.6. The number of aryl methyl sites for hydroxylation is 1. The summed E-state index contributed by atoms with van der Waals surface area (Å²) in [6.45, 7) is 1.93. The molecule has 0 saturated heterocycles. The standard InChI is InChI=1S/C9H7BrN2O/c1-5-7-2-6(4-13)8(10)3-9(7)12-11-5/h2-4H,1H3,(H,11,12). The molecule has 0 spiro atoms. The van der Waals surface area contributed by atoms with Crippen molar-refractivity contribution >= 4 is 33.1 Å². The summed E-state index contributed by atoms with van der Waals surface area (Å²) in [4.78, 5) is 10.6. The monoisotopic (exact) mass is 238 g/mol. The summed E-state index contributed by atoms with van der Waals surface area (Å²) in [5.41, 5.74) is 2.50. The molecule has 0 radical (unpaired) electrons. The number of fused-ring (bicyclic) bond motifs is 1. The SMILES string of the molecule is Cc1[nH]nc2cc(Br)c(C=O)cc12. The second kappa shape index (κ2) is 2.96. The Morgan fingerprint density at radius 3 is 3.00 bits per heavy atom. The zero-order chi connectivity index (χ0) is 9.42. The van der Waals surface area contributed by atoms with Crippen molar-refractivity contribution in [1.82, 2.24) is 10.2 Å². The third-order valence-corrected chi connectivity index (χ3v) is 2.68. The van der Waals surface area contributed by atoms with Gasteiger partial charge in [0.05, 0.1) is 5.52 Å². The number of nitrogens with one attached hydrogen (secondary N) is 1. The highest BCUT2D eigenvalue weighted by atomic mass is 79.9. The zero-order valence-electron chi connectivity index (χ0n) is 6.97. The number of carbonyl (C=O) groups is 1. The van der Waals surface area contributed by atoms with Gasteiger partial charge in [-0.15, -0.1) is 0 Å².